The van der Waals surface area contributed by atoms with Crippen molar-refractivity contribution in [3.05, 3.63) is 77.4 Å². The summed E-state index contributed by atoms with van der Waals surface area (Å²) in [6.45, 7) is 0. The highest BCUT2D eigenvalue weighted by molar-refractivity contribution is 6.13. The first-order valence-electron chi connectivity index (χ1n) is 9.64. The number of halogens is 1. The molecule has 150 valence electrons. The maximum absolute atomic E-state index is 14.0. The van der Waals surface area contributed by atoms with Gasteiger partial charge in [0.05, 0.1) is 11.2 Å². The summed E-state index contributed by atoms with van der Waals surface area (Å²) in [4.78, 5) is 17.6. The zero-order valence-corrected chi connectivity index (χ0v) is 16.2. The molecule has 30 heavy (non-hydrogen) atoms. The smallest absolute Gasteiger partial charge is 0.220 e. The molecule has 1 saturated carbocycles. The van der Waals surface area contributed by atoms with Crippen LogP contribution in [-0.2, 0) is 7.05 Å². The normalized spacial score (nSPS) is 13.5. The number of pyridine rings is 1. The first-order chi connectivity index (χ1) is 14.5. The number of aromatic hydroxyl groups is 1. The van der Waals surface area contributed by atoms with Crippen LogP contribution in [0.1, 0.15) is 40.4 Å². The van der Waals surface area contributed by atoms with Crippen LogP contribution in [0.5, 0.6) is 17.4 Å². The average molecular weight is 403 g/mol. The van der Waals surface area contributed by atoms with Crippen LogP contribution in [0, 0.1) is 5.82 Å². The maximum Gasteiger partial charge on any atom is 0.220 e. The SMILES string of the molecule is Cn1nc(C2CC2)c(C(=O)c2ccc3nccc(Oc4ccccc4F)c3c2)c1O. The quantitative estimate of drug-likeness (QED) is 0.488. The van der Waals surface area contributed by atoms with Gasteiger partial charge in [-0.05, 0) is 49.2 Å². The largest absolute Gasteiger partial charge is 0.493 e. The summed E-state index contributed by atoms with van der Waals surface area (Å²) in [6, 6.07) is 12.8. The van der Waals surface area contributed by atoms with E-state index < -0.39 is 5.82 Å². The number of aryl methyl sites for hydroxylation is 1. The van der Waals surface area contributed by atoms with Gasteiger partial charge in [-0.1, -0.05) is 12.1 Å². The van der Waals surface area contributed by atoms with Crippen LogP contribution < -0.4 is 4.74 Å². The maximum atomic E-state index is 14.0. The minimum atomic E-state index is -0.482. The van der Waals surface area contributed by atoms with Crippen LogP contribution in [0.3, 0.4) is 0 Å². The van der Waals surface area contributed by atoms with Crippen molar-refractivity contribution in [2.45, 2.75) is 18.8 Å². The van der Waals surface area contributed by atoms with Gasteiger partial charge in [-0.2, -0.15) is 5.10 Å². The minimum absolute atomic E-state index is 0.0858. The van der Waals surface area contributed by atoms with Crippen LogP contribution >= 0.6 is 0 Å². The summed E-state index contributed by atoms with van der Waals surface area (Å²) in [5.41, 5.74) is 1.85. The highest BCUT2D eigenvalue weighted by atomic mass is 19.1. The summed E-state index contributed by atoms with van der Waals surface area (Å²) in [6.07, 6.45) is 3.48. The number of hydrogen-bond donors (Lipinski definition) is 1. The van der Waals surface area contributed by atoms with Gasteiger partial charge in [0.25, 0.3) is 0 Å². The standard InChI is InChI=1S/C23H18FN3O3/c1-27-23(29)20(21(26-27)13-6-7-13)22(28)14-8-9-17-15(12-14)18(10-11-25-17)30-19-5-3-2-4-16(19)24/h2-5,8-13,29H,6-7H2,1H3. The number of benzene rings is 2. The number of rotatable bonds is 5. The van der Waals surface area contributed by atoms with E-state index in [1.165, 1.54) is 16.8 Å². The van der Waals surface area contributed by atoms with Gasteiger partial charge in [0.15, 0.2) is 17.3 Å². The Labute approximate surface area is 171 Å². The molecule has 0 spiro atoms. The highest BCUT2D eigenvalue weighted by Gasteiger charge is 2.34. The van der Waals surface area contributed by atoms with E-state index in [2.05, 4.69) is 10.1 Å². The second kappa shape index (κ2) is 6.95. The monoisotopic (exact) mass is 403 g/mol. The summed E-state index contributed by atoms with van der Waals surface area (Å²) < 4.78 is 21.1. The van der Waals surface area contributed by atoms with E-state index in [9.17, 15) is 14.3 Å². The van der Waals surface area contributed by atoms with Gasteiger partial charge in [-0.25, -0.2) is 9.07 Å². The number of hydrogen-bond acceptors (Lipinski definition) is 5. The van der Waals surface area contributed by atoms with Crippen LogP contribution in [0.15, 0.2) is 54.7 Å². The number of ketones is 1. The lowest BCUT2D eigenvalue weighted by atomic mass is 9.99. The van der Waals surface area contributed by atoms with Gasteiger partial charge in [0.1, 0.15) is 11.3 Å². The summed E-state index contributed by atoms with van der Waals surface area (Å²) in [7, 11) is 1.61. The Morgan fingerprint density at radius 2 is 1.97 bits per heavy atom. The van der Waals surface area contributed by atoms with Crippen molar-refractivity contribution in [2.75, 3.05) is 0 Å². The third-order valence-electron chi connectivity index (χ3n) is 5.26. The first-order valence-corrected chi connectivity index (χ1v) is 9.64. The molecule has 1 fully saturated rings. The fourth-order valence-electron chi connectivity index (χ4n) is 3.54. The lowest BCUT2D eigenvalue weighted by Gasteiger charge is -2.10. The Balaban J connectivity index is 1.58. The van der Waals surface area contributed by atoms with Crippen LogP contribution in [-0.4, -0.2) is 25.7 Å². The summed E-state index contributed by atoms with van der Waals surface area (Å²) in [5, 5.41) is 15.3. The van der Waals surface area contributed by atoms with E-state index in [1.807, 2.05) is 0 Å². The van der Waals surface area contributed by atoms with E-state index in [-0.39, 0.29) is 28.9 Å². The minimum Gasteiger partial charge on any atom is -0.493 e. The molecule has 4 aromatic rings. The van der Waals surface area contributed by atoms with Gasteiger partial charge in [-0.3, -0.25) is 9.78 Å². The number of aromatic nitrogens is 3. The van der Waals surface area contributed by atoms with Gasteiger partial charge in [0.2, 0.25) is 5.88 Å². The highest BCUT2D eigenvalue weighted by Crippen LogP contribution is 2.43. The number of carbonyl (C=O) groups is 1. The molecule has 1 N–H and O–H groups in total. The topological polar surface area (TPSA) is 77.2 Å². The van der Waals surface area contributed by atoms with Crippen molar-refractivity contribution in [1.82, 2.24) is 14.8 Å². The molecule has 0 amide bonds. The predicted octanol–water partition coefficient (Wildman–Crippen LogP) is 4.71. The van der Waals surface area contributed by atoms with Gasteiger partial charge >= 0.3 is 0 Å². The molecular formula is C23H18FN3O3. The molecule has 2 heterocycles. The second-order valence-electron chi connectivity index (χ2n) is 7.38. The zero-order chi connectivity index (χ0) is 20.8. The van der Waals surface area contributed by atoms with E-state index in [0.29, 0.717) is 27.9 Å². The van der Waals surface area contributed by atoms with Crippen molar-refractivity contribution in [3.63, 3.8) is 0 Å². The third kappa shape index (κ3) is 3.08. The molecule has 6 nitrogen and oxygen atoms in total. The predicted molar refractivity (Wildman–Crippen MR) is 108 cm³/mol. The lowest BCUT2D eigenvalue weighted by Crippen LogP contribution is -2.04. The van der Waals surface area contributed by atoms with Crippen molar-refractivity contribution in [2.24, 2.45) is 7.05 Å². The fraction of sp³-hybridized carbons (Fsp3) is 0.174. The van der Waals surface area contributed by atoms with Gasteiger partial charge < -0.3 is 9.84 Å². The van der Waals surface area contributed by atoms with Crippen molar-refractivity contribution >= 4 is 16.7 Å². The molecule has 0 bridgehead atoms. The van der Waals surface area contributed by atoms with E-state index >= 15 is 0 Å². The Kier molecular flexibility index (Phi) is 4.24. The van der Waals surface area contributed by atoms with E-state index in [4.69, 9.17) is 4.74 Å². The van der Waals surface area contributed by atoms with E-state index in [1.54, 1.807) is 49.6 Å². The lowest BCUT2D eigenvalue weighted by molar-refractivity contribution is 0.103. The molecule has 7 heteroatoms. The Hall–Kier alpha value is -3.74. The second-order valence-corrected chi connectivity index (χ2v) is 7.38. The molecule has 2 aromatic heterocycles. The summed E-state index contributed by atoms with van der Waals surface area (Å²) >= 11 is 0. The Morgan fingerprint density at radius 3 is 2.73 bits per heavy atom. The number of fused-ring (bicyclic) bond motifs is 1. The Morgan fingerprint density at radius 1 is 1.17 bits per heavy atom. The fourth-order valence-corrected chi connectivity index (χ4v) is 3.54. The molecule has 0 aliphatic heterocycles. The molecule has 2 aromatic carbocycles. The number of carbonyl (C=O) groups excluding carboxylic acids is 1. The van der Waals surface area contributed by atoms with Gasteiger partial charge in [-0.15, -0.1) is 0 Å². The van der Waals surface area contributed by atoms with Crippen LogP contribution in [0.2, 0.25) is 0 Å². The Bertz CT molecular complexity index is 1290. The summed E-state index contributed by atoms with van der Waals surface area (Å²) in [5.74, 6) is -0.261. The van der Waals surface area contributed by atoms with Crippen LogP contribution in [0.25, 0.3) is 10.9 Å². The molecule has 1 aliphatic rings. The van der Waals surface area contributed by atoms with Crippen molar-refractivity contribution in [1.29, 1.82) is 0 Å². The number of ether oxygens (including phenoxy) is 1. The molecule has 0 unspecified atom stereocenters. The molecule has 5 rings (SSSR count). The molecular weight excluding hydrogens is 385 g/mol. The number of para-hydroxylation sites is 1. The van der Waals surface area contributed by atoms with Gasteiger partial charge in [0, 0.05) is 30.1 Å². The molecule has 0 radical (unpaired) electrons. The van der Waals surface area contributed by atoms with Crippen molar-refractivity contribution < 1.29 is 19.0 Å². The average Bonchev–Trinajstić information content (AvgIpc) is 3.55. The molecule has 0 saturated heterocycles. The first kappa shape index (κ1) is 18.3. The van der Waals surface area contributed by atoms with Crippen molar-refractivity contribution in [3.8, 4) is 17.4 Å². The zero-order valence-electron chi connectivity index (χ0n) is 16.2. The third-order valence-corrected chi connectivity index (χ3v) is 5.26. The molecule has 1 aliphatic carbocycles. The number of nitrogens with zero attached hydrogens (tertiary/aromatic N) is 3. The van der Waals surface area contributed by atoms with E-state index in [0.717, 1.165) is 12.8 Å². The van der Waals surface area contributed by atoms with Crippen LogP contribution in [0.4, 0.5) is 4.39 Å². The molecule has 0 atom stereocenters.